The summed E-state index contributed by atoms with van der Waals surface area (Å²) in [4.78, 5) is 22.6. The normalized spacial score (nSPS) is 18.1. The van der Waals surface area contributed by atoms with Crippen molar-refractivity contribution in [3.05, 3.63) is 61.6 Å². The fraction of sp³-hybridized carbons (Fsp3) is 0.435. The average molecular weight is 523 g/mol. The Morgan fingerprint density at radius 3 is 2.66 bits per heavy atom. The Morgan fingerprint density at radius 2 is 1.97 bits per heavy atom. The maximum atomic E-state index is 14.6. The van der Waals surface area contributed by atoms with E-state index in [0.29, 0.717) is 39.8 Å². The number of nitrogens with zero attached hydrogens (tertiary/aromatic N) is 3. The van der Waals surface area contributed by atoms with E-state index in [9.17, 15) is 9.18 Å². The molecule has 1 aliphatic heterocycles. The maximum Gasteiger partial charge on any atom is 0.261 e. The van der Waals surface area contributed by atoms with E-state index in [-0.39, 0.29) is 22.9 Å². The zero-order valence-electron chi connectivity index (χ0n) is 17.5. The van der Waals surface area contributed by atoms with Crippen LogP contribution in [0.25, 0.3) is 10.9 Å². The van der Waals surface area contributed by atoms with Gasteiger partial charge in [0.05, 0.1) is 10.9 Å². The van der Waals surface area contributed by atoms with Gasteiger partial charge in [-0.2, -0.15) is 0 Å². The maximum absolute atomic E-state index is 14.6. The van der Waals surface area contributed by atoms with E-state index in [1.807, 2.05) is 0 Å². The van der Waals surface area contributed by atoms with Gasteiger partial charge >= 0.3 is 0 Å². The zero-order chi connectivity index (χ0) is 22.4. The van der Waals surface area contributed by atoms with Crippen molar-refractivity contribution in [1.82, 2.24) is 14.5 Å². The predicted octanol–water partition coefficient (Wildman–Crippen LogP) is 5.72. The van der Waals surface area contributed by atoms with Crippen molar-refractivity contribution >= 4 is 38.4 Å². The van der Waals surface area contributed by atoms with Gasteiger partial charge in [-0.3, -0.25) is 9.36 Å². The topological polar surface area (TPSA) is 66.2 Å². The number of hydrogen-bond donors (Lipinski definition) is 0. The lowest BCUT2D eigenvalue weighted by molar-refractivity contribution is 0.0825. The highest BCUT2D eigenvalue weighted by molar-refractivity contribution is 9.10. The molecule has 5 rings (SSSR count). The third kappa shape index (κ3) is 4.16. The zero-order valence-corrected chi connectivity index (χ0v) is 19.8. The van der Waals surface area contributed by atoms with Crippen molar-refractivity contribution in [1.29, 1.82) is 0 Å². The van der Waals surface area contributed by atoms with Crippen LogP contribution in [-0.2, 0) is 4.74 Å². The molecule has 2 fully saturated rings. The van der Waals surface area contributed by atoms with Gasteiger partial charge in [0.1, 0.15) is 27.5 Å². The van der Waals surface area contributed by atoms with Crippen LogP contribution in [0.2, 0.25) is 5.15 Å². The molecule has 0 N–H and O–H groups in total. The first kappa shape index (κ1) is 21.8. The number of halogens is 3. The van der Waals surface area contributed by atoms with E-state index in [4.69, 9.17) is 26.1 Å². The van der Waals surface area contributed by atoms with E-state index in [1.54, 1.807) is 23.6 Å². The molecule has 1 saturated heterocycles. The lowest BCUT2D eigenvalue weighted by atomic mass is 9.98. The quantitative estimate of drug-likeness (QED) is 0.401. The van der Waals surface area contributed by atoms with Gasteiger partial charge in [0, 0.05) is 30.7 Å². The molecule has 1 atom stereocenters. The van der Waals surface area contributed by atoms with Crippen LogP contribution in [0.15, 0.2) is 33.7 Å². The van der Waals surface area contributed by atoms with Crippen molar-refractivity contribution in [3.8, 4) is 5.75 Å². The van der Waals surface area contributed by atoms with Crippen LogP contribution in [0.4, 0.5) is 4.39 Å². The fourth-order valence-corrected chi connectivity index (χ4v) is 4.96. The largest absolute Gasteiger partial charge is 0.483 e. The molecule has 0 radical (unpaired) electrons. The Morgan fingerprint density at radius 1 is 1.22 bits per heavy atom. The van der Waals surface area contributed by atoms with Crippen LogP contribution in [0, 0.1) is 5.82 Å². The summed E-state index contributed by atoms with van der Waals surface area (Å²) in [6, 6.07) is 6.14. The SMILES string of the molecule is CC(Oc1ccc(Cl)nc1Br)c1cc(F)cc2c(=O)n(C3CC3)c(C3CCOCC3)nc12. The summed E-state index contributed by atoms with van der Waals surface area (Å²) in [6.45, 7) is 3.10. The van der Waals surface area contributed by atoms with Crippen LogP contribution in [-0.4, -0.2) is 27.7 Å². The number of rotatable bonds is 5. The van der Waals surface area contributed by atoms with Gasteiger partial charge in [-0.05, 0) is 72.8 Å². The van der Waals surface area contributed by atoms with Crippen molar-refractivity contribution in [2.75, 3.05) is 13.2 Å². The third-order valence-electron chi connectivity index (χ3n) is 6.05. The van der Waals surface area contributed by atoms with Gasteiger partial charge in [0.25, 0.3) is 5.56 Å². The van der Waals surface area contributed by atoms with E-state index in [1.165, 1.54) is 12.1 Å². The smallest absolute Gasteiger partial charge is 0.261 e. The molecule has 2 aliphatic rings. The monoisotopic (exact) mass is 521 g/mol. The van der Waals surface area contributed by atoms with Crippen LogP contribution in [0.1, 0.15) is 62.1 Å². The molecule has 168 valence electrons. The summed E-state index contributed by atoms with van der Waals surface area (Å²) in [6.07, 6.45) is 2.96. The minimum Gasteiger partial charge on any atom is -0.483 e. The highest BCUT2D eigenvalue weighted by Crippen LogP contribution is 2.39. The highest BCUT2D eigenvalue weighted by Gasteiger charge is 2.32. The van der Waals surface area contributed by atoms with Gasteiger partial charge in [-0.15, -0.1) is 0 Å². The van der Waals surface area contributed by atoms with Gasteiger partial charge < -0.3 is 9.47 Å². The molecule has 9 heteroatoms. The molecule has 1 aromatic carbocycles. The van der Waals surface area contributed by atoms with E-state index in [2.05, 4.69) is 20.9 Å². The van der Waals surface area contributed by atoms with Crippen LogP contribution in [0.5, 0.6) is 5.75 Å². The summed E-state index contributed by atoms with van der Waals surface area (Å²) in [5.41, 5.74) is 0.830. The number of pyridine rings is 1. The molecular formula is C23H22BrClFN3O3. The van der Waals surface area contributed by atoms with Gasteiger partial charge in [-0.1, -0.05) is 11.6 Å². The third-order valence-corrected chi connectivity index (χ3v) is 6.83. The van der Waals surface area contributed by atoms with E-state index >= 15 is 0 Å². The summed E-state index contributed by atoms with van der Waals surface area (Å²) >= 11 is 9.27. The molecule has 0 bridgehead atoms. The van der Waals surface area contributed by atoms with Crippen molar-refractivity contribution in [3.63, 3.8) is 0 Å². The molecule has 0 amide bonds. The number of fused-ring (bicyclic) bond motifs is 1. The fourth-order valence-electron chi connectivity index (χ4n) is 4.29. The first-order valence-corrected chi connectivity index (χ1v) is 11.9. The Labute approximate surface area is 197 Å². The second kappa shape index (κ2) is 8.72. The standard InChI is InChI=1S/C23H22BrClFN3O3/c1-12(32-18-4-5-19(25)27-21(18)24)16-10-14(26)11-17-20(16)28-22(13-6-8-31-9-7-13)29(23(17)30)15-2-3-15/h4-5,10-13,15H,2-3,6-9H2,1H3. The minimum absolute atomic E-state index is 0.144. The second-order valence-electron chi connectivity index (χ2n) is 8.34. The Balaban J connectivity index is 1.64. The molecule has 1 saturated carbocycles. The lowest BCUT2D eigenvalue weighted by Gasteiger charge is -2.25. The van der Waals surface area contributed by atoms with E-state index in [0.717, 1.165) is 31.5 Å². The molecule has 6 nitrogen and oxygen atoms in total. The van der Waals surface area contributed by atoms with Crippen LogP contribution < -0.4 is 10.3 Å². The Kier molecular flexibility index (Phi) is 5.94. The Hall–Kier alpha value is -2.03. The second-order valence-corrected chi connectivity index (χ2v) is 9.48. The molecule has 1 unspecified atom stereocenters. The van der Waals surface area contributed by atoms with Gasteiger partial charge in [0.2, 0.25) is 0 Å². The first-order valence-electron chi connectivity index (χ1n) is 10.7. The van der Waals surface area contributed by atoms with Crippen molar-refractivity contribution in [2.24, 2.45) is 0 Å². The van der Waals surface area contributed by atoms with Crippen LogP contribution in [0.3, 0.4) is 0 Å². The molecule has 0 spiro atoms. The molecular weight excluding hydrogens is 501 g/mol. The highest BCUT2D eigenvalue weighted by atomic mass is 79.9. The summed E-state index contributed by atoms with van der Waals surface area (Å²) in [7, 11) is 0. The summed E-state index contributed by atoms with van der Waals surface area (Å²) in [5.74, 6) is 0.902. The van der Waals surface area contributed by atoms with Crippen LogP contribution >= 0.6 is 27.5 Å². The molecule has 3 heterocycles. The van der Waals surface area contributed by atoms with Crippen molar-refractivity contribution in [2.45, 2.75) is 50.7 Å². The van der Waals surface area contributed by atoms with Gasteiger partial charge in [0.15, 0.2) is 5.75 Å². The number of hydrogen-bond acceptors (Lipinski definition) is 5. The van der Waals surface area contributed by atoms with E-state index < -0.39 is 11.9 Å². The summed E-state index contributed by atoms with van der Waals surface area (Å²) < 4.78 is 28.4. The molecule has 1 aliphatic carbocycles. The molecule has 3 aromatic rings. The summed E-state index contributed by atoms with van der Waals surface area (Å²) in [5, 5.41) is 0.614. The van der Waals surface area contributed by atoms with Gasteiger partial charge in [-0.25, -0.2) is 14.4 Å². The average Bonchev–Trinajstić information content (AvgIpc) is 3.61. The number of benzene rings is 1. The molecule has 2 aromatic heterocycles. The lowest BCUT2D eigenvalue weighted by Crippen LogP contribution is -2.29. The first-order chi connectivity index (χ1) is 15.4. The number of aromatic nitrogens is 3. The van der Waals surface area contributed by atoms with Crippen molar-refractivity contribution < 1.29 is 13.9 Å². The minimum atomic E-state index is -0.571. The predicted molar refractivity (Wildman–Crippen MR) is 123 cm³/mol. The Bertz CT molecular complexity index is 1240. The molecule has 32 heavy (non-hydrogen) atoms. The number of ether oxygens (including phenoxy) is 2.